The minimum atomic E-state index is 0.929. The van der Waals surface area contributed by atoms with Crippen LogP contribution in [0.5, 0.6) is 0 Å². The van der Waals surface area contributed by atoms with Crippen molar-refractivity contribution in [2.75, 3.05) is 29.9 Å². The number of nitrogens with one attached hydrogen (secondary N) is 1. The van der Waals surface area contributed by atoms with Gasteiger partial charge >= 0.3 is 0 Å². The molecule has 0 aromatic heterocycles. The molecule has 0 aliphatic carbocycles. The summed E-state index contributed by atoms with van der Waals surface area (Å²) in [6, 6.07) is 6.42. The molecule has 0 fully saturated rings. The summed E-state index contributed by atoms with van der Waals surface area (Å²) in [6.45, 7) is 8.94. The smallest absolute Gasteiger partial charge is 0.0608 e. The van der Waals surface area contributed by atoms with Crippen molar-refractivity contribution >= 4 is 11.4 Å². The van der Waals surface area contributed by atoms with Crippen molar-refractivity contribution in [2.24, 2.45) is 0 Å². The molecule has 2 heteroatoms. The van der Waals surface area contributed by atoms with E-state index < -0.39 is 0 Å². The fraction of sp³-hybridized carbons (Fsp3) is 0.333. The van der Waals surface area contributed by atoms with Gasteiger partial charge in [0.25, 0.3) is 0 Å². The van der Waals surface area contributed by atoms with Gasteiger partial charge in [-0.25, -0.2) is 0 Å². The molecule has 0 radical (unpaired) electrons. The number of benzene rings is 1. The Kier molecular flexibility index (Phi) is 2.44. The van der Waals surface area contributed by atoms with Crippen molar-refractivity contribution in [3.05, 3.63) is 36.4 Å². The first kappa shape index (κ1) is 9.13. The largest absolute Gasteiger partial charge is 0.381 e. The maximum Gasteiger partial charge on any atom is 0.0608 e. The highest BCUT2D eigenvalue weighted by atomic mass is 15.2. The van der Waals surface area contributed by atoms with Crippen molar-refractivity contribution in [1.29, 1.82) is 0 Å². The van der Waals surface area contributed by atoms with E-state index in [1.807, 2.05) is 6.08 Å². The van der Waals surface area contributed by atoms with Crippen LogP contribution in [-0.4, -0.2) is 19.6 Å². The molecule has 1 aliphatic rings. The van der Waals surface area contributed by atoms with Crippen LogP contribution in [0, 0.1) is 6.92 Å². The van der Waals surface area contributed by atoms with E-state index in [9.17, 15) is 0 Å². The Morgan fingerprint density at radius 1 is 1.57 bits per heavy atom. The van der Waals surface area contributed by atoms with Crippen molar-refractivity contribution < 1.29 is 0 Å². The lowest BCUT2D eigenvalue weighted by Gasteiger charge is -2.32. The Balaban J connectivity index is 2.39. The molecule has 0 unspecified atom stereocenters. The van der Waals surface area contributed by atoms with E-state index >= 15 is 0 Å². The highest BCUT2D eigenvalue weighted by molar-refractivity contribution is 5.75. The topological polar surface area (TPSA) is 15.3 Å². The van der Waals surface area contributed by atoms with Gasteiger partial charge in [-0.05, 0) is 18.6 Å². The van der Waals surface area contributed by atoms with Gasteiger partial charge in [-0.1, -0.05) is 18.2 Å². The molecule has 74 valence electrons. The van der Waals surface area contributed by atoms with Gasteiger partial charge in [0, 0.05) is 19.6 Å². The Morgan fingerprint density at radius 2 is 2.43 bits per heavy atom. The van der Waals surface area contributed by atoms with Gasteiger partial charge in [-0.2, -0.15) is 0 Å². The molecule has 1 aliphatic heterocycles. The fourth-order valence-corrected chi connectivity index (χ4v) is 1.93. The first-order valence-corrected chi connectivity index (χ1v) is 5.02. The van der Waals surface area contributed by atoms with Crippen molar-refractivity contribution in [1.82, 2.24) is 0 Å². The van der Waals surface area contributed by atoms with Gasteiger partial charge in [0.05, 0.1) is 11.4 Å². The molecule has 0 saturated carbocycles. The Hall–Kier alpha value is -1.44. The van der Waals surface area contributed by atoms with E-state index in [-0.39, 0.29) is 0 Å². The van der Waals surface area contributed by atoms with Crippen LogP contribution in [0.15, 0.2) is 30.9 Å². The zero-order valence-electron chi connectivity index (χ0n) is 8.59. The van der Waals surface area contributed by atoms with Crippen LogP contribution in [0.4, 0.5) is 11.4 Å². The molecular weight excluding hydrogens is 172 g/mol. The second-order valence-corrected chi connectivity index (χ2v) is 3.63. The molecule has 2 rings (SSSR count). The summed E-state index contributed by atoms with van der Waals surface area (Å²) < 4.78 is 0. The maximum absolute atomic E-state index is 3.79. The van der Waals surface area contributed by atoms with E-state index in [1.165, 1.54) is 16.9 Å². The number of hydrogen-bond donors (Lipinski definition) is 1. The standard InChI is InChI=1S/C12H16N2/c1-3-8-14-9-7-13-12-10(2)5-4-6-11(12)14/h3-6,13H,1,7-9H2,2H3. The highest BCUT2D eigenvalue weighted by Crippen LogP contribution is 2.31. The van der Waals surface area contributed by atoms with Crippen LogP contribution >= 0.6 is 0 Å². The zero-order chi connectivity index (χ0) is 9.97. The first-order valence-electron chi connectivity index (χ1n) is 5.02. The van der Waals surface area contributed by atoms with E-state index in [0.717, 1.165) is 19.6 Å². The van der Waals surface area contributed by atoms with Crippen molar-refractivity contribution in [3.8, 4) is 0 Å². The van der Waals surface area contributed by atoms with Crippen LogP contribution in [0.1, 0.15) is 5.56 Å². The van der Waals surface area contributed by atoms with E-state index in [2.05, 4.69) is 41.9 Å². The van der Waals surface area contributed by atoms with Crippen molar-refractivity contribution in [2.45, 2.75) is 6.92 Å². The predicted molar refractivity (Wildman–Crippen MR) is 62.1 cm³/mol. The van der Waals surface area contributed by atoms with Crippen LogP contribution < -0.4 is 10.2 Å². The third-order valence-electron chi connectivity index (χ3n) is 2.62. The van der Waals surface area contributed by atoms with E-state index in [0.29, 0.717) is 0 Å². The van der Waals surface area contributed by atoms with Crippen LogP contribution in [0.3, 0.4) is 0 Å². The summed E-state index contributed by atoms with van der Waals surface area (Å²) >= 11 is 0. The molecule has 1 aromatic rings. The molecule has 0 amide bonds. The van der Waals surface area contributed by atoms with Gasteiger partial charge in [0.1, 0.15) is 0 Å². The molecule has 1 N–H and O–H groups in total. The summed E-state index contributed by atoms with van der Waals surface area (Å²) in [6.07, 6.45) is 1.96. The number of hydrogen-bond acceptors (Lipinski definition) is 2. The Bertz CT molecular complexity index is 344. The zero-order valence-corrected chi connectivity index (χ0v) is 8.59. The number of para-hydroxylation sites is 1. The lowest BCUT2D eigenvalue weighted by Crippen LogP contribution is -2.34. The summed E-state index contributed by atoms with van der Waals surface area (Å²) in [5.74, 6) is 0. The second kappa shape index (κ2) is 3.74. The Morgan fingerprint density at radius 3 is 3.21 bits per heavy atom. The van der Waals surface area contributed by atoms with Crippen LogP contribution in [0.2, 0.25) is 0 Å². The van der Waals surface area contributed by atoms with Gasteiger partial charge < -0.3 is 10.2 Å². The minimum Gasteiger partial charge on any atom is -0.381 e. The monoisotopic (exact) mass is 188 g/mol. The average molecular weight is 188 g/mol. The van der Waals surface area contributed by atoms with E-state index in [1.54, 1.807) is 0 Å². The number of rotatable bonds is 2. The molecule has 0 bridgehead atoms. The molecule has 1 heterocycles. The normalized spacial score (nSPS) is 14.5. The van der Waals surface area contributed by atoms with Crippen molar-refractivity contribution in [3.63, 3.8) is 0 Å². The third-order valence-corrected chi connectivity index (χ3v) is 2.62. The molecule has 2 nitrogen and oxygen atoms in total. The van der Waals surface area contributed by atoms with Crippen LogP contribution in [0.25, 0.3) is 0 Å². The predicted octanol–water partition coefficient (Wildman–Crippen LogP) is 2.41. The first-order chi connectivity index (χ1) is 6.83. The second-order valence-electron chi connectivity index (χ2n) is 3.63. The van der Waals surface area contributed by atoms with E-state index in [4.69, 9.17) is 0 Å². The van der Waals surface area contributed by atoms with Gasteiger partial charge in [0.15, 0.2) is 0 Å². The molecular formula is C12H16N2. The fourth-order valence-electron chi connectivity index (χ4n) is 1.93. The van der Waals surface area contributed by atoms with Gasteiger partial charge in [-0.15, -0.1) is 6.58 Å². The molecule has 0 atom stereocenters. The summed E-state index contributed by atoms with van der Waals surface area (Å²) in [4.78, 5) is 2.35. The Labute approximate surface area is 85.2 Å². The number of aryl methyl sites for hydroxylation is 1. The lowest BCUT2D eigenvalue weighted by atomic mass is 10.1. The van der Waals surface area contributed by atoms with Crippen LogP contribution in [-0.2, 0) is 0 Å². The number of fused-ring (bicyclic) bond motifs is 1. The minimum absolute atomic E-state index is 0.929. The molecule has 0 saturated heterocycles. The third kappa shape index (κ3) is 1.48. The van der Waals surface area contributed by atoms with Gasteiger partial charge in [-0.3, -0.25) is 0 Å². The SMILES string of the molecule is C=CCN1CCNc2c(C)cccc21. The summed E-state index contributed by atoms with van der Waals surface area (Å²) in [5.41, 5.74) is 3.90. The van der Waals surface area contributed by atoms with Gasteiger partial charge in [0.2, 0.25) is 0 Å². The average Bonchev–Trinajstić information content (AvgIpc) is 2.20. The molecule has 1 aromatic carbocycles. The maximum atomic E-state index is 3.79. The highest BCUT2D eigenvalue weighted by Gasteiger charge is 2.15. The summed E-state index contributed by atoms with van der Waals surface area (Å²) in [5, 5.41) is 3.44. The number of anilines is 2. The quantitative estimate of drug-likeness (QED) is 0.717. The molecule has 0 spiro atoms. The summed E-state index contributed by atoms with van der Waals surface area (Å²) in [7, 11) is 0. The lowest BCUT2D eigenvalue weighted by molar-refractivity contribution is 0.842. The number of nitrogens with zero attached hydrogens (tertiary/aromatic N) is 1. The molecule has 14 heavy (non-hydrogen) atoms.